The number of rotatable bonds is 12. The lowest BCUT2D eigenvalue weighted by Crippen LogP contribution is -2.35. The molecule has 9 nitrogen and oxygen atoms in total. The third kappa shape index (κ3) is 8.33. The van der Waals surface area contributed by atoms with E-state index < -0.39 is 13.1 Å². The zero-order chi connectivity index (χ0) is 18.9. The molecule has 11 heteroatoms. The molecule has 0 aromatic rings. The second-order valence-electron chi connectivity index (χ2n) is 5.60. The van der Waals surface area contributed by atoms with E-state index in [4.69, 9.17) is 4.89 Å². The van der Waals surface area contributed by atoms with Gasteiger partial charge in [0, 0.05) is 33.0 Å². The normalized spacial score (nSPS) is 20.0. The van der Waals surface area contributed by atoms with Crippen LogP contribution in [-0.2, 0) is 28.0 Å². The first-order valence-corrected chi connectivity index (χ1v) is 10.1. The molecule has 0 aliphatic carbocycles. The van der Waals surface area contributed by atoms with Gasteiger partial charge in [-0.1, -0.05) is 12.8 Å². The maximum Gasteiger partial charge on any atom is 0.471 e. The lowest BCUT2D eigenvalue weighted by Gasteiger charge is -2.13. The topological polar surface area (TPSA) is 122 Å². The molecule has 144 valence electrons. The number of carbonyl (C=O) groups excluding carboxylic acids is 3. The Morgan fingerprint density at radius 3 is 2.64 bits per heavy atom. The number of amides is 3. The van der Waals surface area contributed by atoms with Crippen LogP contribution in [0.5, 0.6) is 0 Å². The molecule has 0 aromatic heterocycles. The van der Waals surface area contributed by atoms with Gasteiger partial charge in [-0.25, -0.2) is 4.57 Å². The number of unbranched alkanes of at least 4 members (excludes halogenated alkanes) is 3. The van der Waals surface area contributed by atoms with Crippen molar-refractivity contribution in [2.24, 2.45) is 0 Å². The zero-order valence-corrected chi connectivity index (χ0v) is 16.0. The smallest absolute Gasteiger partial charge is 0.356 e. The van der Waals surface area contributed by atoms with Crippen LogP contribution in [0.3, 0.4) is 0 Å². The fourth-order valence-electron chi connectivity index (χ4n) is 2.24. The number of phosphoric ester groups is 1. The quantitative estimate of drug-likeness (QED) is 0.194. The Morgan fingerprint density at radius 2 is 2.04 bits per heavy atom. The van der Waals surface area contributed by atoms with Gasteiger partial charge in [0.25, 0.3) is 0 Å². The summed E-state index contributed by atoms with van der Waals surface area (Å²) in [6.45, 7) is 0.712. The Balaban J connectivity index is 2.01. The zero-order valence-electron chi connectivity index (χ0n) is 14.2. The Kier molecular flexibility index (Phi) is 9.66. The van der Waals surface area contributed by atoms with Gasteiger partial charge in [-0.2, -0.15) is 12.6 Å². The Morgan fingerprint density at radius 1 is 1.36 bits per heavy atom. The van der Waals surface area contributed by atoms with Crippen molar-refractivity contribution in [3.05, 3.63) is 0 Å². The molecule has 25 heavy (non-hydrogen) atoms. The van der Waals surface area contributed by atoms with E-state index in [-0.39, 0.29) is 43.7 Å². The van der Waals surface area contributed by atoms with Crippen molar-refractivity contribution in [1.29, 1.82) is 0 Å². The van der Waals surface area contributed by atoms with E-state index in [1.807, 2.05) is 0 Å². The van der Waals surface area contributed by atoms with Crippen molar-refractivity contribution < 1.29 is 32.9 Å². The van der Waals surface area contributed by atoms with Crippen LogP contribution in [0.4, 0.5) is 0 Å². The van der Waals surface area contributed by atoms with Gasteiger partial charge in [0.1, 0.15) is 0 Å². The number of nitrogens with zero attached hydrogens (tertiary/aromatic N) is 1. The molecule has 0 saturated carbocycles. The van der Waals surface area contributed by atoms with Crippen LogP contribution >= 0.6 is 20.5 Å². The number of hydrogen-bond donors (Lipinski definition) is 3. The average molecular weight is 396 g/mol. The summed E-state index contributed by atoms with van der Waals surface area (Å²) in [7, 11) is -2.78. The van der Waals surface area contributed by atoms with E-state index >= 15 is 0 Å². The first-order chi connectivity index (χ1) is 11.8. The van der Waals surface area contributed by atoms with Gasteiger partial charge in [-0.05, 0) is 12.8 Å². The second-order valence-corrected chi connectivity index (χ2v) is 7.79. The third-order valence-electron chi connectivity index (χ3n) is 3.66. The summed E-state index contributed by atoms with van der Waals surface area (Å²) in [4.78, 5) is 45.0. The van der Waals surface area contributed by atoms with Crippen LogP contribution in [0, 0.1) is 0 Å². The van der Waals surface area contributed by atoms with Crippen molar-refractivity contribution in [3.63, 3.8) is 0 Å². The van der Waals surface area contributed by atoms with Crippen LogP contribution < -0.4 is 5.32 Å². The maximum absolute atomic E-state index is 11.7. The summed E-state index contributed by atoms with van der Waals surface area (Å²) in [5.41, 5.74) is 0. The minimum absolute atomic E-state index is 0.0780. The second kappa shape index (κ2) is 10.9. The number of nitrogens with one attached hydrogen (secondary N) is 1. The fraction of sp³-hybridized carbons (Fsp3) is 0.786. The molecule has 1 fully saturated rings. The number of phosphoric acid groups is 1. The largest absolute Gasteiger partial charge is 0.471 e. The van der Waals surface area contributed by atoms with Gasteiger partial charge in [0.15, 0.2) is 0 Å². The molecule has 1 rings (SSSR count). The molecule has 0 aromatic carbocycles. The minimum atomic E-state index is -3.89. The monoisotopic (exact) mass is 396 g/mol. The molecule has 3 amide bonds. The van der Waals surface area contributed by atoms with E-state index in [0.29, 0.717) is 13.0 Å². The van der Waals surface area contributed by atoms with Gasteiger partial charge in [0.05, 0.1) is 11.9 Å². The predicted octanol–water partition coefficient (Wildman–Crippen LogP) is 0.874. The van der Waals surface area contributed by atoms with Crippen LogP contribution in [0.2, 0.25) is 0 Å². The third-order valence-corrected chi connectivity index (χ3v) is 5.03. The van der Waals surface area contributed by atoms with Crippen LogP contribution in [0.1, 0.15) is 38.5 Å². The molecule has 2 unspecified atom stereocenters. The van der Waals surface area contributed by atoms with Crippen molar-refractivity contribution in [2.75, 3.05) is 26.8 Å². The molecule has 1 aliphatic rings. The van der Waals surface area contributed by atoms with Gasteiger partial charge < -0.3 is 10.2 Å². The Labute approximate surface area is 152 Å². The van der Waals surface area contributed by atoms with Crippen LogP contribution in [-0.4, -0.2) is 59.6 Å². The number of thiol groups is 1. The highest BCUT2D eigenvalue weighted by Gasteiger charge is 2.36. The molecule has 0 radical (unpaired) electrons. The first-order valence-electron chi connectivity index (χ1n) is 8.09. The maximum atomic E-state index is 11.7. The van der Waals surface area contributed by atoms with Gasteiger partial charge in [-0.15, -0.1) is 0 Å². The molecule has 1 aliphatic heterocycles. The average Bonchev–Trinajstić information content (AvgIpc) is 2.80. The van der Waals surface area contributed by atoms with Crippen molar-refractivity contribution in [1.82, 2.24) is 10.2 Å². The molecule has 1 heterocycles. The highest BCUT2D eigenvalue weighted by Crippen LogP contribution is 2.41. The van der Waals surface area contributed by atoms with Crippen LogP contribution in [0.25, 0.3) is 0 Å². The number of likely N-dealkylation sites (tertiary alicyclic amines) is 1. The van der Waals surface area contributed by atoms with E-state index in [1.165, 1.54) is 0 Å². The summed E-state index contributed by atoms with van der Waals surface area (Å²) in [5.74, 6) is -0.849. The van der Waals surface area contributed by atoms with Crippen molar-refractivity contribution in [2.45, 2.75) is 43.8 Å². The minimum Gasteiger partial charge on any atom is -0.356 e. The molecule has 0 spiro atoms. The lowest BCUT2D eigenvalue weighted by molar-refractivity contribution is -0.138. The van der Waals surface area contributed by atoms with Crippen molar-refractivity contribution in [3.8, 4) is 0 Å². The molecule has 1 saturated heterocycles. The summed E-state index contributed by atoms with van der Waals surface area (Å²) < 4.78 is 20.0. The molecule has 2 N–H and O–H groups in total. The predicted molar refractivity (Wildman–Crippen MR) is 93.0 cm³/mol. The summed E-state index contributed by atoms with van der Waals surface area (Å²) in [6, 6.07) is 0. The first kappa shape index (κ1) is 22.1. The summed E-state index contributed by atoms with van der Waals surface area (Å²) in [5, 5.41) is 2.13. The van der Waals surface area contributed by atoms with E-state index in [0.717, 1.165) is 31.3 Å². The van der Waals surface area contributed by atoms with E-state index in [9.17, 15) is 18.9 Å². The lowest BCUT2D eigenvalue weighted by atomic mass is 10.2. The van der Waals surface area contributed by atoms with Crippen LogP contribution in [0.15, 0.2) is 0 Å². The number of carbonyl (C=O) groups is 3. The molecule has 2 atom stereocenters. The SMILES string of the molecule is COP(=O)(O)OCCCCCCNC(=O)CCN1C(=O)CC(S)C1=O. The van der Waals surface area contributed by atoms with Gasteiger partial charge in [-0.3, -0.25) is 28.3 Å². The van der Waals surface area contributed by atoms with Crippen molar-refractivity contribution >= 4 is 38.2 Å². The summed E-state index contributed by atoms with van der Waals surface area (Å²) >= 11 is 4.02. The van der Waals surface area contributed by atoms with E-state index in [1.54, 1.807) is 0 Å². The molecular weight excluding hydrogens is 371 g/mol. The Hall–Kier alpha value is -0.930. The number of imide groups is 1. The van der Waals surface area contributed by atoms with Gasteiger partial charge in [0.2, 0.25) is 17.7 Å². The molecular formula is C14H25N2O7PS. The standard InChI is InChI=1S/C14H25N2O7PS/c1-22-24(20,21)23-9-5-3-2-4-7-15-12(17)6-8-16-13(18)10-11(25)14(16)19/h11,25H,2-10H2,1H3,(H,15,17)(H,20,21). The summed E-state index contributed by atoms with van der Waals surface area (Å²) in [6.07, 6.45) is 3.16. The fourth-order valence-corrected chi connectivity index (χ4v) is 3.00. The van der Waals surface area contributed by atoms with E-state index in [2.05, 4.69) is 27.0 Å². The highest BCUT2D eigenvalue weighted by molar-refractivity contribution is 7.81. The molecule has 0 bridgehead atoms. The number of hydrogen-bond acceptors (Lipinski definition) is 7. The Bertz CT molecular complexity index is 531. The highest BCUT2D eigenvalue weighted by atomic mass is 32.1. The van der Waals surface area contributed by atoms with Gasteiger partial charge >= 0.3 is 7.82 Å².